The largest absolute Gasteiger partial charge is 0.121 e. The molecule has 1 fully saturated rings. The van der Waals surface area contributed by atoms with E-state index in [1.54, 1.807) is 23.5 Å². The molecule has 0 bridgehead atoms. The first-order valence-electron chi connectivity index (χ1n) is 9.22. The van der Waals surface area contributed by atoms with Crippen LogP contribution < -0.4 is 10.4 Å². The van der Waals surface area contributed by atoms with Gasteiger partial charge in [-0.3, -0.25) is 0 Å². The lowest BCUT2D eigenvalue weighted by atomic mass is 9.99. The van der Waals surface area contributed by atoms with Crippen molar-refractivity contribution in [2.24, 2.45) is 0 Å². The molecule has 150 valence electrons. The predicted octanol–water partition coefficient (Wildman–Crippen LogP) is 7.96. The predicted molar refractivity (Wildman–Crippen MR) is 150 cm³/mol. The third-order valence-corrected chi connectivity index (χ3v) is 12.6. The highest BCUT2D eigenvalue weighted by Crippen LogP contribution is 2.57. The normalized spacial score (nSPS) is 17.3. The van der Waals surface area contributed by atoms with Crippen LogP contribution in [0.5, 0.6) is 0 Å². The van der Waals surface area contributed by atoms with E-state index in [2.05, 4.69) is 74.2 Å². The van der Waals surface area contributed by atoms with Crippen LogP contribution in [0, 0.1) is 0 Å². The van der Waals surface area contributed by atoms with Crippen LogP contribution in [0.2, 0.25) is 0 Å². The molecule has 5 rings (SSSR count). The third kappa shape index (κ3) is 3.50. The Morgan fingerprint density at radius 3 is 1.23 bits per heavy atom. The highest BCUT2D eigenvalue weighted by Gasteiger charge is 2.24. The van der Waals surface area contributed by atoms with E-state index in [4.69, 9.17) is 0 Å². The highest BCUT2D eigenvalue weighted by atomic mass is 32.3. The number of hydrogen-bond acceptors (Lipinski definition) is 6. The summed E-state index contributed by atoms with van der Waals surface area (Å²) in [5.41, 5.74) is 0. The molecule has 0 radical (unpaired) electrons. The van der Waals surface area contributed by atoms with Gasteiger partial charge in [0, 0.05) is 20.2 Å². The summed E-state index contributed by atoms with van der Waals surface area (Å²) < 4.78 is 5.48. The second-order valence-corrected chi connectivity index (χ2v) is 13.6. The lowest BCUT2D eigenvalue weighted by molar-refractivity contribution is 1.69. The Bertz CT molecular complexity index is 1300. The van der Waals surface area contributed by atoms with E-state index < -0.39 is 0 Å². The van der Waals surface area contributed by atoms with Gasteiger partial charge in [-0.25, -0.2) is 0 Å². The summed E-state index contributed by atoms with van der Waals surface area (Å²) in [5, 5.41) is 7.93. The summed E-state index contributed by atoms with van der Waals surface area (Å²) in [6, 6.07) is 17.7. The van der Waals surface area contributed by atoms with Gasteiger partial charge >= 0.3 is 0 Å². The lowest BCUT2D eigenvalue weighted by Gasteiger charge is -2.11. The molecule has 3 aromatic carbocycles. The first-order valence-corrected chi connectivity index (χ1v) is 14.9. The summed E-state index contributed by atoms with van der Waals surface area (Å²) in [6.07, 6.45) is 4.35. The van der Waals surface area contributed by atoms with E-state index in [0.717, 1.165) is 9.81 Å². The molecular weight excluding hydrogens is 481 g/mol. The van der Waals surface area contributed by atoms with Crippen molar-refractivity contribution in [3.05, 3.63) is 90.4 Å². The van der Waals surface area contributed by atoms with E-state index in [0.29, 0.717) is 0 Å². The average molecular weight is 499 g/mol. The molecule has 2 aliphatic rings. The summed E-state index contributed by atoms with van der Waals surface area (Å²) in [4.78, 5) is 2.11. The monoisotopic (exact) mass is 498 g/mol. The average Bonchev–Trinajstić information content (AvgIpc) is 3.34. The van der Waals surface area contributed by atoms with Gasteiger partial charge in [-0.1, -0.05) is 109 Å². The fourth-order valence-electron chi connectivity index (χ4n) is 3.65. The van der Waals surface area contributed by atoms with Crippen molar-refractivity contribution >= 4 is 101 Å². The minimum absolute atomic E-state index is 1.06. The van der Waals surface area contributed by atoms with Crippen molar-refractivity contribution in [1.82, 2.24) is 0 Å². The van der Waals surface area contributed by atoms with Crippen molar-refractivity contribution < 1.29 is 0 Å². The SMILES string of the molecule is C=C1SC(=c2c3ccccc3c(=C3SC(SC)=C(SC)S3)c3ccccc23)SC1=C. The van der Waals surface area contributed by atoms with Gasteiger partial charge in [-0.15, -0.1) is 23.5 Å². The molecule has 2 heterocycles. The molecule has 3 aromatic rings. The Morgan fingerprint density at radius 2 is 0.900 bits per heavy atom. The van der Waals surface area contributed by atoms with Crippen LogP contribution in [-0.4, -0.2) is 12.5 Å². The zero-order chi connectivity index (χ0) is 20.8. The quantitative estimate of drug-likeness (QED) is 0.326. The van der Waals surface area contributed by atoms with Crippen LogP contribution in [0.25, 0.3) is 30.0 Å². The minimum atomic E-state index is 1.06. The van der Waals surface area contributed by atoms with Gasteiger partial charge in [0.25, 0.3) is 0 Å². The van der Waals surface area contributed by atoms with Crippen molar-refractivity contribution in [3.8, 4) is 0 Å². The van der Waals surface area contributed by atoms with Gasteiger partial charge in [0.15, 0.2) is 0 Å². The molecule has 0 saturated carbocycles. The van der Waals surface area contributed by atoms with Crippen LogP contribution in [0.15, 0.2) is 80.0 Å². The first-order chi connectivity index (χ1) is 14.6. The molecule has 0 N–H and O–H groups in total. The summed E-state index contributed by atoms with van der Waals surface area (Å²) in [5.74, 6) is 0. The maximum atomic E-state index is 4.19. The summed E-state index contributed by atoms with van der Waals surface area (Å²) in [7, 11) is 0. The van der Waals surface area contributed by atoms with Crippen LogP contribution in [0.1, 0.15) is 0 Å². The Labute approximate surface area is 202 Å². The van der Waals surface area contributed by atoms with E-state index in [1.807, 2.05) is 47.0 Å². The van der Waals surface area contributed by atoms with Gasteiger partial charge in [0.2, 0.25) is 0 Å². The van der Waals surface area contributed by atoms with Crippen molar-refractivity contribution in [2.45, 2.75) is 0 Å². The fraction of sp³-hybridized carbons (Fsp3) is 0.0833. The highest BCUT2D eigenvalue weighted by molar-refractivity contribution is 8.45. The molecule has 0 aliphatic carbocycles. The van der Waals surface area contributed by atoms with Crippen molar-refractivity contribution in [1.29, 1.82) is 0 Å². The van der Waals surface area contributed by atoms with Crippen LogP contribution in [-0.2, 0) is 0 Å². The molecule has 0 atom stereocenters. The molecular formula is C24H18S6. The summed E-state index contributed by atoms with van der Waals surface area (Å²) in [6.45, 7) is 8.38. The first kappa shape index (κ1) is 21.1. The lowest BCUT2D eigenvalue weighted by Crippen LogP contribution is -2.16. The molecule has 0 nitrogen and oxygen atoms in total. The Kier molecular flexibility index (Phi) is 6.08. The number of thioether (sulfide) groups is 6. The van der Waals surface area contributed by atoms with Gasteiger partial charge in [0.1, 0.15) is 0 Å². The van der Waals surface area contributed by atoms with E-state index in [-0.39, 0.29) is 0 Å². The van der Waals surface area contributed by atoms with Gasteiger partial charge < -0.3 is 0 Å². The molecule has 0 amide bonds. The Morgan fingerprint density at radius 1 is 0.567 bits per heavy atom. The maximum Gasteiger partial charge on any atom is 0.0657 e. The molecule has 0 unspecified atom stereocenters. The minimum Gasteiger partial charge on any atom is -0.121 e. The standard InChI is InChI=1S/C24H18S6/c1-13-14(2)28-21(27-13)19-15-9-5-7-11-17(15)20(18-12-8-6-10-16(18)19)22-29-23(25-3)24(26-4)30-22/h5-12H,1-2H2,3-4H3. The van der Waals surface area contributed by atoms with Crippen molar-refractivity contribution in [2.75, 3.05) is 12.5 Å². The van der Waals surface area contributed by atoms with E-state index >= 15 is 0 Å². The smallest absolute Gasteiger partial charge is 0.0657 e. The van der Waals surface area contributed by atoms with E-state index in [9.17, 15) is 0 Å². The number of hydrogen-bond donors (Lipinski definition) is 0. The topological polar surface area (TPSA) is 0 Å². The van der Waals surface area contributed by atoms with Crippen LogP contribution in [0.4, 0.5) is 0 Å². The second-order valence-electron chi connectivity index (χ2n) is 6.65. The number of fused-ring (bicyclic) bond motifs is 2. The number of rotatable bonds is 2. The molecule has 0 spiro atoms. The van der Waals surface area contributed by atoms with Crippen LogP contribution in [0.3, 0.4) is 0 Å². The summed E-state index contributed by atoms with van der Waals surface area (Å²) >= 11 is 11.1. The zero-order valence-electron chi connectivity index (χ0n) is 16.5. The Balaban J connectivity index is 1.96. The van der Waals surface area contributed by atoms with Gasteiger partial charge in [-0.2, -0.15) is 0 Å². The molecule has 1 saturated heterocycles. The van der Waals surface area contributed by atoms with Crippen LogP contribution >= 0.6 is 70.6 Å². The molecule has 6 heteroatoms. The molecule has 30 heavy (non-hydrogen) atoms. The van der Waals surface area contributed by atoms with E-state index in [1.165, 1.54) is 48.9 Å². The molecule has 0 aromatic heterocycles. The second kappa shape index (κ2) is 8.64. The molecule has 2 aliphatic heterocycles. The number of benzene rings is 3. The third-order valence-electron chi connectivity index (χ3n) is 4.99. The van der Waals surface area contributed by atoms with Gasteiger partial charge in [0.05, 0.1) is 16.9 Å². The van der Waals surface area contributed by atoms with Crippen molar-refractivity contribution in [3.63, 3.8) is 0 Å². The zero-order valence-corrected chi connectivity index (χ0v) is 21.4. The van der Waals surface area contributed by atoms with Gasteiger partial charge in [-0.05, 0) is 34.1 Å². The maximum absolute atomic E-state index is 4.19. The fourth-order valence-corrected chi connectivity index (χ4v) is 11.1. The Hall–Kier alpha value is -0.760.